The van der Waals surface area contributed by atoms with Crippen molar-refractivity contribution in [3.8, 4) is 5.75 Å². The molecule has 1 aromatic rings. The highest BCUT2D eigenvalue weighted by Gasteiger charge is 2.16. The van der Waals surface area contributed by atoms with Crippen LogP contribution in [0.3, 0.4) is 0 Å². The van der Waals surface area contributed by atoms with Crippen molar-refractivity contribution >= 4 is 0 Å². The predicted molar refractivity (Wildman–Crippen MR) is 81.0 cm³/mol. The van der Waals surface area contributed by atoms with E-state index in [1.807, 2.05) is 38.1 Å². The van der Waals surface area contributed by atoms with Crippen LogP contribution in [0.25, 0.3) is 0 Å². The second kappa shape index (κ2) is 8.96. The zero-order valence-corrected chi connectivity index (χ0v) is 12.7. The van der Waals surface area contributed by atoms with Gasteiger partial charge in [0.2, 0.25) is 0 Å². The highest BCUT2D eigenvalue weighted by Crippen LogP contribution is 2.19. The highest BCUT2D eigenvalue weighted by atomic mass is 19.1. The second-order valence-electron chi connectivity index (χ2n) is 5.59. The molecule has 0 fully saturated rings. The van der Waals surface area contributed by atoms with Gasteiger partial charge in [-0.3, -0.25) is 4.39 Å². The lowest BCUT2D eigenvalue weighted by Gasteiger charge is -2.20. The molecule has 0 radical (unpaired) electrons. The summed E-state index contributed by atoms with van der Waals surface area (Å²) in [6.07, 6.45) is 4.81. The summed E-state index contributed by atoms with van der Waals surface area (Å²) in [4.78, 5) is 0. The smallest absolute Gasteiger partial charge is 0.119 e. The van der Waals surface area contributed by atoms with Gasteiger partial charge in [0.15, 0.2) is 0 Å². The Morgan fingerprint density at radius 2 is 1.85 bits per heavy atom. The average Bonchev–Trinajstić information content (AvgIpc) is 2.46. The fraction of sp³-hybridized carbons (Fsp3) is 0.647. The Morgan fingerprint density at radius 1 is 1.15 bits per heavy atom. The number of unbranched alkanes of at least 4 members (excludes halogenated alkanes) is 2. The van der Waals surface area contributed by atoms with E-state index in [1.165, 1.54) is 5.56 Å². The maximum absolute atomic E-state index is 11.9. The number of aliphatic hydroxyl groups is 1. The number of ether oxygens (including phenoxy) is 1. The lowest BCUT2D eigenvalue weighted by Crippen LogP contribution is -2.23. The second-order valence-corrected chi connectivity index (χ2v) is 5.59. The lowest BCUT2D eigenvalue weighted by molar-refractivity contribution is 0.0473. The summed E-state index contributed by atoms with van der Waals surface area (Å²) in [7, 11) is 0. The van der Waals surface area contributed by atoms with Crippen molar-refractivity contribution in [1.29, 1.82) is 0 Å². The maximum Gasteiger partial charge on any atom is 0.119 e. The van der Waals surface area contributed by atoms with Crippen molar-refractivity contribution in [1.82, 2.24) is 0 Å². The molecular weight excluding hydrogens is 255 g/mol. The molecule has 0 bridgehead atoms. The van der Waals surface area contributed by atoms with Crippen LogP contribution in [0.15, 0.2) is 24.3 Å². The monoisotopic (exact) mass is 282 g/mol. The molecule has 1 unspecified atom stereocenters. The van der Waals surface area contributed by atoms with Crippen molar-refractivity contribution in [2.75, 3.05) is 13.3 Å². The number of rotatable bonds is 10. The third kappa shape index (κ3) is 6.90. The van der Waals surface area contributed by atoms with Crippen molar-refractivity contribution in [3.05, 3.63) is 29.8 Å². The average molecular weight is 282 g/mol. The number of aryl methyl sites for hydroxylation is 1. The molecule has 0 aromatic heterocycles. The van der Waals surface area contributed by atoms with Gasteiger partial charge in [0, 0.05) is 0 Å². The van der Waals surface area contributed by atoms with Crippen molar-refractivity contribution in [2.24, 2.45) is 0 Å². The van der Waals surface area contributed by atoms with Gasteiger partial charge in [-0.1, -0.05) is 19.1 Å². The predicted octanol–water partition coefficient (Wildman–Crippen LogP) is 4.30. The Hall–Kier alpha value is -1.09. The molecule has 0 saturated heterocycles. The minimum Gasteiger partial charge on any atom is -0.494 e. The molecule has 0 heterocycles. The van der Waals surface area contributed by atoms with Crippen LogP contribution in [0.5, 0.6) is 5.75 Å². The first-order valence-corrected chi connectivity index (χ1v) is 7.57. The zero-order valence-electron chi connectivity index (χ0n) is 12.7. The molecule has 1 atom stereocenters. The fourth-order valence-electron chi connectivity index (χ4n) is 1.91. The Kier molecular flexibility index (Phi) is 7.60. The summed E-state index contributed by atoms with van der Waals surface area (Å²) in [5.41, 5.74) is 0.634. The van der Waals surface area contributed by atoms with Crippen LogP contribution in [0, 0.1) is 0 Å². The topological polar surface area (TPSA) is 29.5 Å². The molecule has 1 rings (SSSR count). The van der Waals surface area contributed by atoms with E-state index in [0.29, 0.717) is 13.0 Å². The molecule has 0 aliphatic carbocycles. The SMILES string of the molecule is CCC(C)(O)CCc1ccc(OCCCCCF)cc1. The van der Waals surface area contributed by atoms with E-state index in [9.17, 15) is 9.50 Å². The molecular formula is C17H27FO2. The third-order valence-electron chi connectivity index (χ3n) is 3.68. The minimum atomic E-state index is -0.578. The molecule has 0 amide bonds. The van der Waals surface area contributed by atoms with Gasteiger partial charge in [-0.15, -0.1) is 0 Å². The lowest BCUT2D eigenvalue weighted by atomic mass is 9.94. The van der Waals surface area contributed by atoms with Crippen LogP contribution in [-0.4, -0.2) is 24.0 Å². The van der Waals surface area contributed by atoms with E-state index in [4.69, 9.17) is 4.74 Å². The van der Waals surface area contributed by atoms with Gasteiger partial charge in [0.1, 0.15) is 5.75 Å². The summed E-state index contributed by atoms with van der Waals surface area (Å²) in [6.45, 7) is 4.28. The van der Waals surface area contributed by atoms with Crippen LogP contribution in [0.4, 0.5) is 4.39 Å². The third-order valence-corrected chi connectivity index (χ3v) is 3.68. The normalized spacial score (nSPS) is 14.0. The first-order valence-electron chi connectivity index (χ1n) is 7.57. The van der Waals surface area contributed by atoms with Gasteiger partial charge < -0.3 is 9.84 Å². The molecule has 114 valence electrons. The fourth-order valence-corrected chi connectivity index (χ4v) is 1.91. The van der Waals surface area contributed by atoms with E-state index in [0.717, 1.165) is 37.9 Å². The van der Waals surface area contributed by atoms with Gasteiger partial charge in [0.05, 0.1) is 18.9 Å². The summed E-state index contributed by atoms with van der Waals surface area (Å²) >= 11 is 0. The molecule has 0 spiro atoms. The summed E-state index contributed by atoms with van der Waals surface area (Å²) < 4.78 is 17.5. The zero-order chi connectivity index (χ0) is 14.8. The number of hydrogen-bond donors (Lipinski definition) is 1. The molecule has 3 heteroatoms. The standard InChI is InChI=1S/C17H27FO2/c1-3-17(2,19)12-11-15-7-9-16(10-8-15)20-14-6-4-5-13-18/h7-10,19H,3-6,11-14H2,1-2H3. The molecule has 1 aromatic carbocycles. The van der Waals surface area contributed by atoms with Crippen molar-refractivity contribution < 1.29 is 14.2 Å². The number of alkyl halides is 1. The van der Waals surface area contributed by atoms with Crippen LogP contribution in [0.2, 0.25) is 0 Å². The Labute approximate surface area is 122 Å². The van der Waals surface area contributed by atoms with Crippen molar-refractivity contribution in [2.45, 2.75) is 58.0 Å². The number of benzene rings is 1. The molecule has 0 aliphatic rings. The number of hydrogen-bond acceptors (Lipinski definition) is 2. The van der Waals surface area contributed by atoms with Crippen LogP contribution in [-0.2, 0) is 6.42 Å². The Morgan fingerprint density at radius 3 is 2.45 bits per heavy atom. The van der Waals surface area contributed by atoms with Crippen LogP contribution in [0.1, 0.15) is 51.5 Å². The summed E-state index contributed by atoms with van der Waals surface area (Å²) in [5.74, 6) is 0.858. The van der Waals surface area contributed by atoms with Crippen molar-refractivity contribution in [3.63, 3.8) is 0 Å². The number of halogens is 1. The first-order chi connectivity index (χ1) is 9.57. The van der Waals surface area contributed by atoms with Gasteiger partial charge >= 0.3 is 0 Å². The minimum absolute atomic E-state index is 0.240. The van der Waals surface area contributed by atoms with Crippen LogP contribution >= 0.6 is 0 Å². The van der Waals surface area contributed by atoms with E-state index in [1.54, 1.807) is 0 Å². The first kappa shape index (κ1) is 17.0. The molecule has 2 nitrogen and oxygen atoms in total. The van der Waals surface area contributed by atoms with Gasteiger partial charge in [-0.2, -0.15) is 0 Å². The highest BCUT2D eigenvalue weighted by molar-refractivity contribution is 5.27. The van der Waals surface area contributed by atoms with E-state index in [-0.39, 0.29) is 6.67 Å². The van der Waals surface area contributed by atoms with Crippen LogP contribution < -0.4 is 4.74 Å². The quantitative estimate of drug-likeness (QED) is 0.648. The molecule has 1 N–H and O–H groups in total. The van der Waals surface area contributed by atoms with E-state index >= 15 is 0 Å². The summed E-state index contributed by atoms with van der Waals surface area (Å²) in [6, 6.07) is 8.02. The van der Waals surface area contributed by atoms with Gasteiger partial charge in [0.25, 0.3) is 0 Å². The Balaban J connectivity index is 2.29. The molecule has 20 heavy (non-hydrogen) atoms. The Bertz CT molecular complexity index is 360. The summed E-state index contributed by atoms with van der Waals surface area (Å²) in [5, 5.41) is 9.97. The maximum atomic E-state index is 11.9. The van der Waals surface area contributed by atoms with E-state index in [2.05, 4.69) is 0 Å². The molecule has 0 aliphatic heterocycles. The largest absolute Gasteiger partial charge is 0.494 e. The van der Waals surface area contributed by atoms with Gasteiger partial charge in [-0.05, 0) is 63.1 Å². The molecule has 0 saturated carbocycles. The van der Waals surface area contributed by atoms with E-state index < -0.39 is 5.60 Å². The van der Waals surface area contributed by atoms with Gasteiger partial charge in [-0.25, -0.2) is 0 Å².